The Labute approximate surface area is 144 Å². The van der Waals surface area contributed by atoms with E-state index in [0.717, 1.165) is 30.3 Å². The molecule has 0 saturated carbocycles. The number of nitrogens with zero attached hydrogens (tertiary/aromatic N) is 1. The number of amides is 1. The van der Waals surface area contributed by atoms with Gasteiger partial charge in [0.05, 0.1) is 21.0 Å². The van der Waals surface area contributed by atoms with E-state index >= 15 is 0 Å². The third-order valence-corrected chi connectivity index (χ3v) is 5.43. The molecular weight excluding hydrogens is 347 g/mol. The zero-order valence-corrected chi connectivity index (χ0v) is 14.7. The zero-order valence-electron chi connectivity index (χ0n) is 11.6. The quantitative estimate of drug-likeness (QED) is 0.805. The lowest BCUT2D eigenvalue weighted by molar-refractivity contribution is -0.115. The van der Waals surface area contributed by atoms with E-state index in [1.165, 1.54) is 11.8 Å². The second-order valence-corrected chi connectivity index (χ2v) is 7.60. The first-order valence-corrected chi connectivity index (χ1v) is 8.74. The average Bonchev–Trinajstić information content (AvgIpc) is 2.97. The lowest BCUT2D eigenvalue weighted by Gasteiger charge is -2.20. The molecule has 1 aliphatic rings. The minimum Gasteiger partial charge on any atom is -0.358 e. The number of likely N-dealkylation sites (tertiary alicyclic amines) is 1. The van der Waals surface area contributed by atoms with Crippen molar-refractivity contribution in [2.75, 3.05) is 18.4 Å². The van der Waals surface area contributed by atoms with Crippen LogP contribution in [-0.2, 0) is 4.79 Å². The highest BCUT2D eigenvalue weighted by Gasteiger charge is 2.22. The van der Waals surface area contributed by atoms with Crippen molar-refractivity contribution >= 4 is 63.1 Å². The lowest BCUT2D eigenvalue weighted by Crippen LogP contribution is -2.29. The van der Waals surface area contributed by atoms with Crippen LogP contribution in [0, 0.1) is 0 Å². The van der Waals surface area contributed by atoms with Gasteiger partial charge in [-0.1, -0.05) is 53.2 Å². The monoisotopic (exact) mass is 362 g/mol. The van der Waals surface area contributed by atoms with Gasteiger partial charge in [0.1, 0.15) is 4.32 Å². The molecule has 0 bridgehead atoms. The molecule has 1 heterocycles. The predicted molar refractivity (Wildman–Crippen MR) is 95.5 cm³/mol. The van der Waals surface area contributed by atoms with E-state index in [1.54, 1.807) is 18.2 Å². The van der Waals surface area contributed by atoms with Crippen LogP contribution in [0.15, 0.2) is 18.2 Å². The van der Waals surface area contributed by atoms with Gasteiger partial charge in [0.2, 0.25) is 5.91 Å². The van der Waals surface area contributed by atoms with Gasteiger partial charge in [-0.15, -0.1) is 0 Å². The Morgan fingerprint density at radius 3 is 2.48 bits per heavy atom. The molecule has 1 aromatic rings. The minimum atomic E-state index is -0.301. The van der Waals surface area contributed by atoms with E-state index in [4.69, 9.17) is 35.4 Å². The molecule has 0 aromatic heterocycles. The number of hydrogen-bond donors (Lipinski definition) is 1. The molecule has 114 valence electrons. The maximum Gasteiger partial charge on any atom is 0.237 e. The molecular formula is C14H16Cl2N2OS2. The van der Waals surface area contributed by atoms with Gasteiger partial charge in [-0.2, -0.15) is 0 Å². The van der Waals surface area contributed by atoms with Crippen molar-refractivity contribution < 1.29 is 4.79 Å². The first kappa shape index (κ1) is 16.9. The van der Waals surface area contributed by atoms with E-state index < -0.39 is 0 Å². The van der Waals surface area contributed by atoms with Crippen molar-refractivity contribution in [2.45, 2.75) is 25.0 Å². The summed E-state index contributed by atoms with van der Waals surface area (Å²) in [5.74, 6) is -0.156. The Morgan fingerprint density at radius 1 is 1.33 bits per heavy atom. The predicted octanol–water partition coefficient (Wildman–Crippen LogP) is 4.43. The van der Waals surface area contributed by atoms with Crippen LogP contribution >= 0.6 is 47.2 Å². The van der Waals surface area contributed by atoms with Crippen LogP contribution in [0.3, 0.4) is 0 Å². The van der Waals surface area contributed by atoms with Gasteiger partial charge in [0.25, 0.3) is 0 Å². The molecule has 1 N–H and O–H groups in total. The van der Waals surface area contributed by atoms with E-state index in [1.807, 2.05) is 6.92 Å². The summed E-state index contributed by atoms with van der Waals surface area (Å²) in [4.78, 5) is 14.4. The zero-order chi connectivity index (χ0) is 15.4. The fourth-order valence-electron chi connectivity index (χ4n) is 2.02. The number of carbonyl (C=O) groups excluding carboxylic acids is 1. The Hall–Kier alpha value is -0.490. The molecule has 1 saturated heterocycles. The molecule has 0 unspecified atom stereocenters. The SMILES string of the molecule is C[C@H](SC(=S)N1CCCC1)C(=O)Nc1c(Cl)cccc1Cl. The van der Waals surface area contributed by atoms with Gasteiger partial charge < -0.3 is 10.2 Å². The lowest BCUT2D eigenvalue weighted by atomic mass is 10.3. The number of carbonyl (C=O) groups is 1. The van der Waals surface area contributed by atoms with Gasteiger partial charge in [-0.25, -0.2) is 0 Å². The van der Waals surface area contributed by atoms with Gasteiger partial charge in [-0.05, 0) is 31.9 Å². The molecule has 2 rings (SSSR count). The standard InChI is InChI=1S/C14H16Cl2N2OS2/c1-9(21-14(20)18-7-2-3-8-18)13(19)17-12-10(15)5-4-6-11(12)16/h4-6,9H,2-3,7-8H2,1H3,(H,17,19)/t9-/m0/s1. The number of nitrogens with one attached hydrogen (secondary N) is 1. The molecule has 0 radical (unpaired) electrons. The number of halogens is 2. The maximum absolute atomic E-state index is 12.2. The maximum atomic E-state index is 12.2. The summed E-state index contributed by atoms with van der Waals surface area (Å²) < 4.78 is 0.778. The van der Waals surface area contributed by atoms with Gasteiger partial charge in [0, 0.05) is 13.1 Å². The summed E-state index contributed by atoms with van der Waals surface area (Å²) in [5.41, 5.74) is 0.449. The number of rotatable bonds is 3. The summed E-state index contributed by atoms with van der Waals surface area (Å²) in [7, 11) is 0. The number of thiocarbonyl (C=S) groups is 1. The molecule has 1 amide bonds. The average molecular weight is 363 g/mol. The molecule has 21 heavy (non-hydrogen) atoms. The summed E-state index contributed by atoms with van der Waals surface area (Å²) in [6.45, 7) is 3.79. The summed E-state index contributed by atoms with van der Waals surface area (Å²) in [6.07, 6.45) is 2.33. The minimum absolute atomic E-state index is 0.156. The first-order valence-electron chi connectivity index (χ1n) is 6.69. The molecule has 1 aromatic carbocycles. The summed E-state index contributed by atoms with van der Waals surface area (Å²) in [6, 6.07) is 5.12. The summed E-state index contributed by atoms with van der Waals surface area (Å²) >= 11 is 18.9. The van der Waals surface area contributed by atoms with Crippen molar-refractivity contribution in [1.82, 2.24) is 4.90 Å². The van der Waals surface area contributed by atoms with Crippen molar-refractivity contribution in [3.8, 4) is 0 Å². The number of anilines is 1. The first-order chi connectivity index (χ1) is 9.99. The van der Waals surface area contributed by atoms with E-state index in [-0.39, 0.29) is 11.2 Å². The number of thioether (sulfide) groups is 1. The van der Waals surface area contributed by atoms with E-state index in [0.29, 0.717) is 15.7 Å². The van der Waals surface area contributed by atoms with Crippen LogP contribution in [0.1, 0.15) is 19.8 Å². The van der Waals surface area contributed by atoms with E-state index in [9.17, 15) is 4.79 Å². The van der Waals surface area contributed by atoms with Crippen LogP contribution in [-0.4, -0.2) is 33.5 Å². The Kier molecular flexibility index (Phi) is 6.17. The molecule has 1 fully saturated rings. The van der Waals surface area contributed by atoms with Crippen molar-refractivity contribution in [1.29, 1.82) is 0 Å². The Morgan fingerprint density at radius 2 is 1.90 bits per heavy atom. The largest absolute Gasteiger partial charge is 0.358 e. The molecule has 0 aliphatic carbocycles. The van der Waals surface area contributed by atoms with Crippen LogP contribution in [0.25, 0.3) is 0 Å². The van der Waals surface area contributed by atoms with Gasteiger partial charge >= 0.3 is 0 Å². The number of para-hydroxylation sites is 1. The highest BCUT2D eigenvalue weighted by Crippen LogP contribution is 2.30. The van der Waals surface area contributed by atoms with Crippen LogP contribution in [0.4, 0.5) is 5.69 Å². The molecule has 7 heteroatoms. The highest BCUT2D eigenvalue weighted by atomic mass is 35.5. The second kappa shape index (κ2) is 7.68. The van der Waals surface area contributed by atoms with Gasteiger partial charge in [0.15, 0.2) is 0 Å². The van der Waals surface area contributed by atoms with Crippen LogP contribution < -0.4 is 5.32 Å². The molecule has 0 spiro atoms. The Balaban J connectivity index is 1.94. The normalized spacial score (nSPS) is 15.9. The third-order valence-electron chi connectivity index (χ3n) is 3.22. The number of benzene rings is 1. The Bertz CT molecular complexity index is 528. The number of hydrogen-bond acceptors (Lipinski definition) is 3. The van der Waals surface area contributed by atoms with Gasteiger partial charge in [-0.3, -0.25) is 4.79 Å². The highest BCUT2D eigenvalue weighted by molar-refractivity contribution is 8.23. The molecule has 1 aliphatic heterocycles. The molecule has 1 atom stereocenters. The van der Waals surface area contributed by atoms with Crippen molar-refractivity contribution in [2.24, 2.45) is 0 Å². The second-order valence-electron chi connectivity index (χ2n) is 4.81. The molecule has 3 nitrogen and oxygen atoms in total. The fourth-order valence-corrected chi connectivity index (χ4v) is 3.93. The van der Waals surface area contributed by atoms with Crippen LogP contribution in [0.2, 0.25) is 10.0 Å². The van der Waals surface area contributed by atoms with Crippen LogP contribution in [0.5, 0.6) is 0 Å². The summed E-state index contributed by atoms with van der Waals surface area (Å²) in [5, 5.41) is 3.32. The topological polar surface area (TPSA) is 32.3 Å². The van der Waals surface area contributed by atoms with Crippen molar-refractivity contribution in [3.05, 3.63) is 28.2 Å². The van der Waals surface area contributed by atoms with E-state index in [2.05, 4.69) is 10.2 Å². The fraction of sp³-hybridized carbons (Fsp3) is 0.429. The van der Waals surface area contributed by atoms with Crippen molar-refractivity contribution in [3.63, 3.8) is 0 Å². The third kappa shape index (κ3) is 4.49. The smallest absolute Gasteiger partial charge is 0.237 e.